The van der Waals surface area contributed by atoms with Crippen LogP contribution in [0.5, 0.6) is 5.75 Å². The number of benzene rings is 1. The van der Waals surface area contributed by atoms with E-state index in [2.05, 4.69) is 30.4 Å². The van der Waals surface area contributed by atoms with Gasteiger partial charge in [-0.2, -0.15) is 0 Å². The van der Waals surface area contributed by atoms with Gasteiger partial charge >= 0.3 is 0 Å². The van der Waals surface area contributed by atoms with Crippen molar-refractivity contribution in [3.8, 4) is 5.75 Å². The smallest absolute Gasteiger partial charge is 0.223 e. The number of methoxy groups -OCH3 is 1. The topological polar surface area (TPSA) is 38.3 Å². The molecule has 0 heterocycles. The molecule has 1 fully saturated rings. The fraction of sp³-hybridized carbons (Fsp3) is 0.611. The van der Waals surface area contributed by atoms with E-state index in [0.717, 1.165) is 25.0 Å². The van der Waals surface area contributed by atoms with Crippen molar-refractivity contribution in [2.45, 2.75) is 38.5 Å². The molecule has 3 rings (SSSR count). The van der Waals surface area contributed by atoms with Gasteiger partial charge in [0.05, 0.1) is 7.11 Å². The Balaban J connectivity index is 1.96. The molecule has 0 saturated heterocycles. The molecule has 0 bridgehead atoms. The van der Waals surface area contributed by atoms with Crippen LogP contribution in [0.4, 0.5) is 0 Å². The van der Waals surface area contributed by atoms with Gasteiger partial charge in [0.25, 0.3) is 0 Å². The summed E-state index contributed by atoms with van der Waals surface area (Å²) in [6, 6.07) is 6.46. The number of fused-ring (bicyclic) bond motifs is 3. The average molecular weight is 287 g/mol. The van der Waals surface area contributed by atoms with E-state index in [1.54, 1.807) is 14.2 Å². The van der Waals surface area contributed by atoms with Gasteiger partial charge in [-0.15, -0.1) is 0 Å². The molecule has 0 radical (unpaired) electrons. The summed E-state index contributed by atoms with van der Waals surface area (Å²) in [5, 5.41) is 2.88. The van der Waals surface area contributed by atoms with Crippen molar-refractivity contribution < 1.29 is 9.53 Å². The van der Waals surface area contributed by atoms with Gasteiger partial charge in [-0.25, -0.2) is 0 Å². The monoisotopic (exact) mass is 287 g/mol. The minimum Gasteiger partial charge on any atom is -0.497 e. The molecule has 4 atom stereocenters. The van der Waals surface area contributed by atoms with Gasteiger partial charge in [-0.1, -0.05) is 13.0 Å². The number of aryl methyl sites for hydroxylation is 1. The lowest BCUT2D eigenvalue weighted by atomic mass is 9.60. The van der Waals surface area contributed by atoms with E-state index in [0.29, 0.717) is 17.8 Å². The molecule has 1 N–H and O–H groups in total. The van der Waals surface area contributed by atoms with E-state index in [1.807, 2.05) is 0 Å². The zero-order valence-electron chi connectivity index (χ0n) is 13.2. The Morgan fingerprint density at radius 1 is 1.29 bits per heavy atom. The van der Waals surface area contributed by atoms with Crippen molar-refractivity contribution in [1.29, 1.82) is 0 Å². The number of rotatable bonds is 2. The van der Waals surface area contributed by atoms with E-state index in [9.17, 15) is 4.79 Å². The van der Waals surface area contributed by atoms with Gasteiger partial charge < -0.3 is 10.1 Å². The highest BCUT2D eigenvalue weighted by Gasteiger charge is 2.43. The van der Waals surface area contributed by atoms with E-state index in [-0.39, 0.29) is 11.8 Å². The maximum Gasteiger partial charge on any atom is 0.223 e. The highest BCUT2D eigenvalue weighted by molar-refractivity contribution is 5.79. The van der Waals surface area contributed by atoms with E-state index < -0.39 is 0 Å². The molecule has 0 aliphatic heterocycles. The standard InChI is InChI=1S/C18H25NO2/c1-11-4-8-14-15(17(11)18(20)19-2)9-6-12-5-7-13(21-3)10-16(12)14/h5,7,10-11,14-15,17H,4,6,8-9H2,1-3H3,(H,19,20)/t11-,14+,15+,17-/m1/s1. The predicted octanol–water partition coefficient (Wildman–Crippen LogP) is 3.13. The number of nitrogens with one attached hydrogen (secondary N) is 1. The maximum atomic E-state index is 12.3. The first-order valence-corrected chi connectivity index (χ1v) is 8.04. The summed E-state index contributed by atoms with van der Waals surface area (Å²) >= 11 is 0. The summed E-state index contributed by atoms with van der Waals surface area (Å²) in [5.74, 6) is 2.80. The first kappa shape index (κ1) is 14.4. The third-order valence-corrected chi connectivity index (χ3v) is 5.57. The quantitative estimate of drug-likeness (QED) is 0.907. The van der Waals surface area contributed by atoms with Crippen molar-refractivity contribution in [1.82, 2.24) is 5.32 Å². The Morgan fingerprint density at radius 2 is 2.10 bits per heavy atom. The van der Waals surface area contributed by atoms with Crippen LogP contribution >= 0.6 is 0 Å². The first-order chi connectivity index (χ1) is 10.2. The normalized spacial score (nSPS) is 31.0. The van der Waals surface area contributed by atoms with Crippen molar-refractivity contribution in [2.75, 3.05) is 14.2 Å². The second-order valence-corrected chi connectivity index (χ2v) is 6.57. The minimum atomic E-state index is 0.160. The fourth-order valence-electron chi connectivity index (χ4n) is 4.49. The van der Waals surface area contributed by atoms with E-state index in [1.165, 1.54) is 17.5 Å². The lowest BCUT2D eigenvalue weighted by molar-refractivity contribution is -0.130. The van der Waals surface area contributed by atoms with E-state index >= 15 is 0 Å². The SMILES string of the molecule is CNC(=O)[C@H]1[C@H]2CCc3ccc(OC)cc3[C@H]2CC[C@H]1C. The molecule has 114 valence electrons. The third-order valence-electron chi connectivity index (χ3n) is 5.57. The maximum absolute atomic E-state index is 12.3. The number of amides is 1. The Labute approximate surface area is 127 Å². The van der Waals surface area contributed by atoms with Gasteiger partial charge in [-0.3, -0.25) is 4.79 Å². The Bertz CT molecular complexity index is 540. The summed E-state index contributed by atoms with van der Waals surface area (Å²) in [5.41, 5.74) is 2.87. The Morgan fingerprint density at radius 3 is 2.81 bits per heavy atom. The molecule has 21 heavy (non-hydrogen) atoms. The Hall–Kier alpha value is -1.51. The van der Waals surface area contributed by atoms with Gasteiger partial charge in [0.2, 0.25) is 5.91 Å². The molecule has 0 unspecified atom stereocenters. The molecule has 1 amide bonds. The highest BCUT2D eigenvalue weighted by Crippen LogP contribution is 2.50. The van der Waals surface area contributed by atoms with Crippen LogP contribution in [0.2, 0.25) is 0 Å². The summed E-state index contributed by atoms with van der Waals surface area (Å²) in [7, 11) is 3.48. The van der Waals surface area contributed by atoms with Crippen LogP contribution in [0.25, 0.3) is 0 Å². The second kappa shape index (κ2) is 5.70. The third kappa shape index (κ3) is 2.43. The van der Waals surface area contributed by atoms with Crippen LogP contribution in [-0.2, 0) is 11.2 Å². The average Bonchev–Trinajstić information content (AvgIpc) is 2.53. The lowest BCUT2D eigenvalue weighted by Crippen LogP contribution is -2.43. The van der Waals surface area contributed by atoms with Crippen LogP contribution in [0, 0.1) is 17.8 Å². The Kier molecular flexibility index (Phi) is 3.92. The first-order valence-electron chi connectivity index (χ1n) is 8.04. The van der Waals surface area contributed by atoms with E-state index in [4.69, 9.17) is 4.74 Å². The number of hydrogen-bond acceptors (Lipinski definition) is 2. The molecule has 3 heteroatoms. The van der Waals surface area contributed by atoms with Crippen molar-refractivity contribution in [2.24, 2.45) is 17.8 Å². The second-order valence-electron chi connectivity index (χ2n) is 6.57. The molecular formula is C18H25NO2. The molecule has 0 aromatic heterocycles. The highest BCUT2D eigenvalue weighted by atomic mass is 16.5. The van der Waals surface area contributed by atoms with Crippen LogP contribution in [-0.4, -0.2) is 20.1 Å². The number of carbonyl (C=O) groups excluding carboxylic acids is 1. The largest absolute Gasteiger partial charge is 0.497 e. The van der Waals surface area contributed by atoms with Gasteiger partial charge in [0.15, 0.2) is 0 Å². The zero-order chi connectivity index (χ0) is 15.0. The molecule has 3 nitrogen and oxygen atoms in total. The molecule has 2 aliphatic rings. The fourth-order valence-corrected chi connectivity index (χ4v) is 4.49. The zero-order valence-corrected chi connectivity index (χ0v) is 13.2. The van der Waals surface area contributed by atoms with Crippen molar-refractivity contribution in [3.05, 3.63) is 29.3 Å². The molecule has 2 aliphatic carbocycles. The lowest BCUT2D eigenvalue weighted by Gasteiger charge is -2.44. The summed E-state index contributed by atoms with van der Waals surface area (Å²) in [6.07, 6.45) is 4.54. The van der Waals surface area contributed by atoms with Crippen LogP contribution in [0.15, 0.2) is 18.2 Å². The molecule has 0 spiro atoms. The van der Waals surface area contributed by atoms with Gasteiger partial charge in [0.1, 0.15) is 5.75 Å². The number of hydrogen-bond donors (Lipinski definition) is 1. The minimum absolute atomic E-state index is 0.160. The number of ether oxygens (including phenoxy) is 1. The van der Waals surface area contributed by atoms with Gasteiger partial charge in [-0.05, 0) is 66.7 Å². The number of carbonyl (C=O) groups is 1. The van der Waals surface area contributed by atoms with Crippen molar-refractivity contribution in [3.63, 3.8) is 0 Å². The van der Waals surface area contributed by atoms with Crippen LogP contribution < -0.4 is 10.1 Å². The summed E-state index contributed by atoms with van der Waals surface area (Å²) in [6.45, 7) is 2.23. The summed E-state index contributed by atoms with van der Waals surface area (Å²) < 4.78 is 5.40. The predicted molar refractivity (Wildman–Crippen MR) is 83.5 cm³/mol. The molecule has 1 aromatic rings. The van der Waals surface area contributed by atoms with Crippen LogP contribution in [0.1, 0.15) is 43.2 Å². The molecular weight excluding hydrogens is 262 g/mol. The summed E-state index contributed by atoms with van der Waals surface area (Å²) in [4.78, 5) is 12.3. The molecule has 1 saturated carbocycles. The van der Waals surface area contributed by atoms with Crippen LogP contribution in [0.3, 0.4) is 0 Å². The molecule has 1 aromatic carbocycles. The van der Waals surface area contributed by atoms with Gasteiger partial charge in [0, 0.05) is 13.0 Å². The van der Waals surface area contributed by atoms with Crippen molar-refractivity contribution >= 4 is 5.91 Å².